The molecule has 0 aliphatic carbocycles. The quantitative estimate of drug-likeness (QED) is 0.731. The van der Waals surface area contributed by atoms with Gasteiger partial charge in [-0.05, 0) is 53.3 Å². The lowest BCUT2D eigenvalue weighted by molar-refractivity contribution is 0.102. The van der Waals surface area contributed by atoms with E-state index in [-0.39, 0.29) is 16.6 Å². The van der Waals surface area contributed by atoms with Crippen LogP contribution in [0.4, 0.5) is 5.69 Å². The van der Waals surface area contributed by atoms with E-state index in [9.17, 15) is 4.79 Å². The minimum atomic E-state index is -0.375. The number of anilines is 1. The summed E-state index contributed by atoms with van der Waals surface area (Å²) in [6.07, 6.45) is 4.35. The van der Waals surface area contributed by atoms with Crippen molar-refractivity contribution in [1.82, 2.24) is 9.36 Å². The van der Waals surface area contributed by atoms with Crippen LogP contribution in [0, 0.1) is 0 Å². The van der Waals surface area contributed by atoms with Gasteiger partial charge in [-0.1, -0.05) is 35.3 Å². The largest absolute Gasteiger partial charge is 0.321 e. The molecule has 0 fully saturated rings. The Morgan fingerprint density at radius 3 is 2.30 bits per heavy atom. The second-order valence-corrected chi connectivity index (χ2v) is 6.56. The number of nitrogens with zero attached hydrogens (tertiary/aromatic N) is 2. The van der Waals surface area contributed by atoms with E-state index in [1.165, 1.54) is 5.56 Å². The summed E-state index contributed by atoms with van der Waals surface area (Å²) in [6.45, 7) is 0. The van der Waals surface area contributed by atoms with E-state index >= 15 is 0 Å². The zero-order valence-electron chi connectivity index (χ0n) is 11.8. The van der Waals surface area contributed by atoms with Crippen LogP contribution in [0.25, 0.3) is 0 Å². The van der Waals surface area contributed by atoms with Gasteiger partial charge in [0.25, 0.3) is 5.91 Å². The smallest absolute Gasteiger partial charge is 0.276 e. The Balaban J connectivity index is 1.68. The number of pyridine rings is 1. The van der Waals surface area contributed by atoms with E-state index < -0.39 is 0 Å². The lowest BCUT2D eigenvalue weighted by atomic mass is 10.1. The van der Waals surface area contributed by atoms with E-state index in [1.807, 2.05) is 36.4 Å². The molecule has 0 aliphatic rings. The van der Waals surface area contributed by atoms with Crippen molar-refractivity contribution < 1.29 is 4.79 Å². The van der Waals surface area contributed by atoms with Crippen molar-refractivity contribution in [3.05, 3.63) is 75.0 Å². The number of benzene rings is 1. The molecule has 1 aromatic carbocycles. The molecule has 2 heterocycles. The van der Waals surface area contributed by atoms with Crippen molar-refractivity contribution in [3.8, 4) is 0 Å². The number of amides is 1. The molecule has 3 rings (SSSR count). The summed E-state index contributed by atoms with van der Waals surface area (Å²) in [6, 6.07) is 11.6. The molecule has 1 N–H and O–H groups in total. The zero-order chi connectivity index (χ0) is 16.2. The molecule has 0 saturated carbocycles. The SMILES string of the molecule is O=C(Nc1ccc(Cc2ccncc2)cc1)c1nsc(Cl)c1Cl. The van der Waals surface area contributed by atoms with Crippen LogP contribution < -0.4 is 5.32 Å². The highest BCUT2D eigenvalue weighted by Gasteiger charge is 2.17. The molecule has 23 heavy (non-hydrogen) atoms. The summed E-state index contributed by atoms with van der Waals surface area (Å²) in [5.74, 6) is -0.375. The highest BCUT2D eigenvalue weighted by molar-refractivity contribution is 7.11. The Hall–Kier alpha value is -1.95. The molecule has 116 valence electrons. The van der Waals surface area contributed by atoms with Gasteiger partial charge in [-0.3, -0.25) is 9.78 Å². The maximum atomic E-state index is 12.1. The van der Waals surface area contributed by atoms with Gasteiger partial charge < -0.3 is 5.32 Å². The first-order valence-corrected chi connectivity index (χ1v) is 8.26. The Bertz CT molecular complexity index is 819. The van der Waals surface area contributed by atoms with Crippen molar-refractivity contribution in [2.75, 3.05) is 5.32 Å². The molecule has 0 atom stereocenters. The van der Waals surface area contributed by atoms with E-state index in [0.717, 1.165) is 23.5 Å². The fraction of sp³-hybridized carbons (Fsp3) is 0.0625. The van der Waals surface area contributed by atoms with Crippen LogP contribution in [0.2, 0.25) is 9.36 Å². The van der Waals surface area contributed by atoms with Crippen LogP contribution in [-0.4, -0.2) is 15.3 Å². The third kappa shape index (κ3) is 3.88. The molecule has 0 spiro atoms. The molecule has 7 heteroatoms. The van der Waals surface area contributed by atoms with E-state index in [2.05, 4.69) is 14.7 Å². The van der Waals surface area contributed by atoms with Gasteiger partial charge in [-0.2, -0.15) is 4.37 Å². The van der Waals surface area contributed by atoms with Crippen LogP contribution in [0.1, 0.15) is 21.6 Å². The van der Waals surface area contributed by atoms with Crippen LogP contribution in [-0.2, 0) is 6.42 Å². The summed E-state index contributed by atoms with van der Waals surface area (Å²) in [7, 11) is 0. The second kappa shape index (κ2) is 7.08. The maximum absolute atomic E-state index is 12.1. The second-order valence-electron chi connectivity index (χ2n) is 4.80. The molecule has 0 aliphatic heterocycles. The Kier molecular flexibility index (Phi) is 4.91. The molecule has 1 amide bonds. The molecule has 0 bridgehead atoms. The molecular weight excluding hydrogens is 353 g/mol. The maximum Gasteiger partial charge on any atom is 0.276 e. The molecular formula is C16H11Cl2N3OS. The number of nitrogens with one attached hydrogen (secondary N) is 1. The third-order valence-corrected chi connectivity index (χ3v) is 4.79. The first-order valence-electron chi connectivity index (χ1n) is 6.73. The Morgan fingerprint density at radius 2 is 1.70 bits per heavy atom. The number of hydrogen-bond acceptors (Lipinski definition) is 4. The van der Waals surface area contributed by atoms with Gasteiger partial charge in [0.05, 0.1) is 0 Å². The van der Waals surface area contributed by atoms with Gasteiger partial charge in [0.15, 0.2) is 5.69 Å². The van der Waals surface area contributed by atoms with Crippen LogP contribution >= 0.6 is 34.7 Å². The number of halogens is 2. The van der Waals surface area contributed by atoms with Gasteiger partial charge in [-0.25, -0.2) is 0 Å². The summed E-state index contributed by atoms with van der Waals surface area (Å²) in [5.41, 5.74) is 3.14. The first-order chi connectivity index (χ1) is 11.1. The number of rotatable bonds is 4. The van der Waals surface area contributed by atoms with Gasteiger partial charge in [0, 0.05) is 18.1 Å². The molecule has 0 unspecified atom stereocenters. The fourth-order valence-electron chi connectivity index (χ4n) is 2.03. The third-order valence-electron chi connectivity index (χ3n) is 3.18. The lowest BCUT2D eigenvalue weighted by Gasteiger charge is -2.06. The Morgan fingerprint density at radius 1 is 1.04 bits per heavy atom. The van der Waals surface area contributed by atoms with Crippen LogP contribution in [0.15, 0.2) is 48.8 Å². The van der Waals surface area contributed by atoms with E-state index in [0.29, 0.717) is 10.0 Å². The van der Waals surface area contributed by atoms with Crippen LogP contribution in [0.3, 0.4) is 0 Å². The van der Waals surface area contributed by atoms with Crippen molar-refractivity contribution in [2.45, 2.75) is 6.42 Å². The van der Waals surface area contributed by atoms with Crippen LogP contribution in [0.5, 0.6) is 0 Å². The molecule has 3 aromatic rings. The van der Waals surface area contributed by atoms with E-state index in [1.54, 1.807) is 12.4 Å². The molecule has 0 saturated heterocycles. The monoisotopic (exact) mass is 363 g/mol. The number of hydrogen-bond donors (Lipinski definition) is 1. The van der Waals surface area contributed by atoms with Crippen molar-refractivity contribution in [3.63, 3.8) is 0 Å². The summed E-state index contributed by atoms with van der Waals surface area (Å²) in [5, 5.41) is 2.94. The van der Waals surface area contributed by atoms with Gasteiger partial charge in [0.2, 0.25) is 0 Å². The normalized spacial score (nSPS) is 10.5. The average Bonchev–Trinajstić information content (AvgIpc) is 2.90. The molecule has 0 radical (unpaired) electrons. The standard InChI is InChI=1S/C16H11Cl2N3OS/c17-13-14(21-23-15(13)18)16(22)20-12-3-1-10(2-4-12)9-11-5-7-19-8-6-11/h1-8H,9H2,(H,20,22). The Labute approximate surface area is 147 Å². The predicted molar refractivity (Wildman–Crippen MR) is 93.6 cm³/mol. The van der Waals surface area contributed by atoms with Crippen molar-refractivity contribution >= 4 is 46.3 Å². The summed E-state index contributed by atoms with van der Waals surface area (Å²) >= 11 is 12.7. The highest BCUT2D eigenvalue weighted by Crippen LogP contribution is 2.29. The van der Waals surface area contributed by atoms with E-state index in [4.69, 9.17) is 23.2 Å². The number of aromatic nitrogens is 2. The zero-order valence-corrected chi connectivity index (χ0v) is 14.1. The fourth-order valence-corrected chi connectivity index (χ4v) is 3.03. The number of carbonyl (C=O) groups excluding carboxylic acids is 1. The lowest BCUT2D eigenvalue weighted by Crippen LogP contribution is -2.12. The van der Waals surface area contributed by atoms with Gasteiger partial charge in [0.1, 0.15) is 9.36 Å². The minimum Gasteiger partial charge on any atom is -0.321 e. The number of carbonyl (C=O) groups is 1. The van der Waals surface area contributed by atoms with Gasteiger partial charge >= 0.3 is 0 Å². The summed E-state index contributed by atoms with van der Waals surface area (Å²) in [4.78, 5) is 16.1. The predicted octanol–water partition coefficient (Wildman–Crippen LogP) is 4.69. The van der Waals surface area contributed by atoms with Gasteiger partial charge in [-0.15, -0.1) is 0 Å². The van der Waals surface area contributed by atoms with Crippen molar-refractivity contribution in [1.29, 1.82) is 0 Å². The average molecular weight is 364 g/mol. The summed E-state index contributed by atoms with van der Waals surface area (Å²) < 4.78 is 4.25. The molecule has 4 nitrogen and oxygen atoms in total. The van der Waals surface area contributed by atoms with Crippen molar-refractivity contribution in [2.24, 2.45) is 0 Å². The molecule has 2 aromatic heterocycles. The topological polar surface area (TPSA) is 54.9 Å². The highest BCUT2D eigenvalue weighted by atomic mass is 35.5. The first kappa shape index (κ1) is 15.9. The minimum absolute atomic E-state index is 0.141.